The molecule has 3 nitrogen and oxygen atoms in total. The van der Waals surface area contributed by atoms with Gasteiger partial charge in [-0.15, -0.1) is 0 Å². The molecule has 1 N–H and O–H groups in total. The van der Waals surface area contributed by atoms with E-state index >= 15 is 0 Å². The normalized spacial score (nSPS) is 33.8. The van der Waals surface area contributed by atoms with Gasteiger partial charge in [-0.25, -0.2) is 0 Å². The van der Waals surface area contributed by atoms with Crippen molar-refractivity contribution in [1.82, 2.24) is 4.90 Å². The van der Waals surface area contributed by atoms with Crippen molar-refractivity contribution in [3.63, 3.8) is 0 Å². The van der Waals surface area contributed by atoms with Crippen molar-refractivity contribution in [2.24, 2.45) is 0 Å². The summed E-state index contributed by atoms with van der Waals surface area (Å²) >= 11 is 0. The zero-order valence-electron chi connectivity index (χ0n) is 8.39. The molecule has 2 aliphatic heterocycles. The molecule has 78 valence electrons. The molecular formula is C12H13NO2. The van der Waals surface area contributed by atoms with E-state index in [-0.39, 0.29) is 11.9 Å². The molecule has 2 saturated heterocycles. The molecule has 3 heteroatoms. The van der Waals surface area contributed by atoms with E-state index in [9.17, 15) is 9.90 Å². The summed E-state index contributed by atoms with van der Waals surface area (Å²) in [7, 11) is 0. The standard InChI is InChI=1S/C12H13NO2/c14-11-7-6-10-12(15,8-13(10)11)9-4-2-1-3-5-9/h1-5,10,15H,6-8H2/t10-,12-/m1/s1. The van der Waals surface area contributed by atoms with Crippen LogP contribution in [0.3, 0.4) is 0 Å². The third kappa shape index (κ3) is 1.07. The maximum absolute atomic E-state index is 11.4. The highest BCUT2D eigenvalue weighted by Crippen LogP contribution is 2.44. The number of hydrogen-bond donors (Lipinski definition) is 1. The zero-order chi connectivity index (χ0) is 10.5. The second-order valence-electron chi connectivity index (χ2n) is 4.37. The molecule has 2 heterocycles. The lowest BCUT2D eigenvalue weighted by Gasteiger charge is -2.51. The fourth-order valence-electron chi connectivity index (χ4n) is 2.69. The van der Waals surface area contributed by atoms with Gasteiger partial charge in [0.2, 0.25) is 5.91 Å². The van der Waals surface area contributed by atoms with Crippen LogP contribution in [0.15, 0.2) is 30.3 Å². The van der Waals surface area contributed by atoms with Gasteiger partial charge in [-0.1, -0.05) is 30.3 Å². The molecule has 0 aliphatic carbocycles. The first-order chi connectivity index (χ1) is 7.22. The maximum atomic E-state index is 11.4. The predicted molar refractivity (Wildman–Crippen MR) is 55.1 cm³/mol. The number of aliphatic hydroxyl groups is 1. The van der Waals surface area contributed by atoms with E-state index in [1.165, 1.54) is 0 Å². The summed E-state index contributed by atoms with van der Waals surface area (Å²) in [4.78, 5) is 13.2. The predicted octanol–water partition coefficient (Wildman–Crippen LogP) is 0.879. The van der Waals surface area contributed by atoms with Gasteiger partial charge < -0.3 is 10.0 Å². The summed E-state index contributed by atoms with van der Waals surface area (Å²) in [6.45, 7) is 0.459. The molecule has 2 fully saturated rings. The van der Waals surface area contributed by atoms with Crippen molar-refractivity contribution in [2.45, 2.75) is 24.5 Å². The number of fused-ring (bicyclic) bond motifs is 1. The SMILES string of the molecule is O=C1CC[C@H]2N1C[C@@]2(O)c1ccccc1. The molecule has 1 aromatic carbocycles. The molecule has 15 heavy (non-hydrogen) atoms. The highest BCUT2D eigenvalue weighted by molar-refractivity contribution is 5.80. The molecule has 1 amide bonds. The molecule has 1 aromatic rings. The van der Waals surface area contributed by atoms with Crippen molar-refractivity contribution in [3.8, 4) is 0 Å². The molecule has 0 saturated carbocycles. The van der Waals surface area contributed by atoms with Crippen LogP contribution in [0.25, 0.3) is 0 Å². The van der Waals surface area contributed by atoms with Crippen LogP contribution in [0, 0.1) is 0 Å². The van der Waals surface area contributed by atoms with E-state index < -0.39 is 5.60 Å². The second-order valence-corrected chi connectivity index (χ2v) is 4.37. The highest BCUT2D eigenvalue weighted by atomic mass is 16.3. The van der Waals surface area contributed by atoms with Gasteiger partial charge in [0, 0.05) is 6.42 Å². The number of hydrogen-bond acceptors (Lipinski definition) is 2. The van der Waals surface area contributed by atoms with Gasteiger partial charge >= 0.3 is 0 Å². The van der Waals surface area contributed by atoms with Gasteiger partial charge in [0.1, 0.15) is 5.60 Å². The quantitative estimate of drug-likeness (QED) is 0.736. The van der Waals surface area contributed by atoms with Crippen LogP contribution in [0.1, 0.15) is 18.4 Å². The van der Waals surface area contributed by atoms with Gasteiger partial charge in [0.05, 0.1) is 12.6 Å². The number of nitrogens with zero attached hydrogens (tertiary/aromatic N) is 1. The molecule has 0 radical (unpaired) electrons. The van der Waals surface area contributed by atoms with Crippen molar-refractivity contribution in [1.29, 1.82) is 0 Å². The maximum Gasteiger partial charge on any atom is 0.223 e. The van der Waals surface area contributed by atoms with Gasteiger partial charge in [0.25, 0.3) is 0 Å². The Kier molecular flexibility index (Phi) is 1.68. The number of amides is 1. The Bertz CT molecular complexity index is 403. The first-order valence-electron chi connectivity index (χ1n) is 5.29. The molecular weight excluding hydrogens is 190 g/mol. The summed E-state index contributed by atoms with van der Waals surface area (Å²) < 4.78 is 0. The molecule has 0 unspecified atom stereocenters. The van der Waals surface area contributed by atoms with Crippen molar-refractivity contribution >= 4 is 5.91 Å². The van der Waals surface area contributed by atoms with E-state index in [1.54, 1.807) is 4.90 Å². The van der Waals surface area contributed by atoms with E-state index in [2.05, 4.69) is 0 Å². The first kappa shape index (κ1) is 8.92. The molecule has 0 aromatic heterocycles. The van der Waals surface area contributed by atoms with Gasteiger partial charge in [-0.05, 0) is 12.0 Å². The fourth-order valence-corrected chi connectivity index (χ4v) is 2.69. The summed E-state index contributed by atoms with van der Waals surface area (Å²) in [5.74, 6) is 0.181. The molecule has 2 atom stereocenters. The average molecular weight is 203 g/mol. The van der Waals surface area contributed by atoms with Crippen LogP contribution in [0.4, 0.5) is 0 Å². The Morgan fingerprint density at radius 1 is 1.33 bits per heavy atom. The van der Waals surface area contributed by atoms with Crippen molar-refractivity contribution in [2.75, 3.05) is 6.54 Å². The largest absolute Gasteiger partial charge is 0.381 e. The summed E-state index contributed by atoms with van der Waals surface area (Å²) in [6, 6.07) is 9.65. The van der Waals surface area contributed by atoms with Gasteiger partial charge in [0.15, 0.2) is 0 Å². The molecule has 0 bridgehead atoms. The first-order valence-corrected chi connectivity index (χ1v) is 5.29. The van der Waals surface area contributed by atoms with Crippen LogP contribution < -0.4 is 0 Å². The Balaban J connectivity index is 1.92. The van der Waals surface area contributed by atoms with Crippen LogP contribution in [0.5, 0.6) is 0 Å². The summed E-state index contributed by atoms with van der Waals surface area (Å²) in [5, 5.41) is 10.5. The molecule has 0 spiro atoms. The zero-order valence-corrected chi connectivity index (χ0v) is 8.39. The van der Waals surface area contributed by atoms with Crippen molar-refractivity contribution in [3.05, 3.63) is 35.9 Å². The summed E-state index contributed by atoms with van der Waals surface area (Å²) in [5.41, 5.74) is 0.133. The Morgan fingerprint density at radius 2 is 2.07 bits per heavy atom. The van der Waals surface area contributed by atoms with Crippen LogP contribution in [0.2, 0.25) is 0 Å². The van der Waals surface area contributed by atoms with Gasteiger partial charge in [-0.2, -0.15) is 0 Å². The minimum absolute atomic E-state index is 0.00685. The van der Waals surface area contributed by atoms with Crippen LogP contribution in [-0.4, -0.2) is 28.5 Å². The second kappa shape index (κ2) is 2.83. The van der Waals surface area contributed by atoms with E-state index in [4.69, 9.17) is 0 Å². The molecule has 3 rings (SSSR count). The topological polar surface area (TPSA) is 40.5 Å². The van der Waals surface area contributed by atoms with E-state index in [1.807, 2.05) is 30.3 Å². The van der Waals surface area contributed by atoms with E-state index in [0.29, 0.717) is 13.0 Å². The molecule has 2 aliphatic rings. The number of carbonyl (C=O) groups excluding carboxylic acids is 1. The third-order valence-corrected chi connectivity index (χ3v) is 3.56. The highest BCUT2D eigenvalue weighted by Gasteiger charge is 2.57. The lowest BCUT2D eigenvalue weighted by Crippen LogP contribution is -2.65. The monoisotopic (exact) mass is 203 g/mol. The number of carbonyl (C=O) groups is 1. The summed E-state index contributed by atoms with van der Waals surface area (Å²) in [6.07, 6.45) is 1.37. The lowest BCUT2D eigenvalue weighted by molar-refractivity contribution is -0.166. The Labute approximate surface area is 88.3 Å². The van der Waals surface area contributed by atoms with E-state index in [0.717, 1.165) is 12.0 Å². The average Bonchev–Trinajstić information content (AvgIpc) is 2.56. The van der Waals surface area contributed by atoms with Crippen LogP contribution in [-0.2, 0) is 10.4 Å². The van der Waals surface area contributed by atoms with Crippen LogP contribution >= 0.6 is 0 Å². The number of benzene rings is 1. The minimum atomic E-state index is -0.798. The minimum Gasteiger partial charge on any atom is -0.381 e. The fraction of sp³-hybridized carbons (Fsp3) is 0.417. The van der Waals surface area contributed by atoms with Gasteiger partial charge in [-0.3, -0.25) is 4.79 Å². The Hall–Kier alpha value is -1.35. The Morgan fingerprint density at radius 3 is 2.73 bits per heavy atom. The number of rotatable bonds is 1. The third-order valence-electron chi connectivity index (χ3n) is 3.56. The van der Waals surface area contributed by atoms with Crippen molar-refractivity contribution < 1.29 is 9.90 Å². The lowest BCUT2D eigenvalue weighted by atomic mass is 9.78. The smallest absolute Gasteiger partial charge is 0.223 e.